The Bertz CT molecular complexity index is 469. The predicted molar refractivity (Wildman–Crippen MR) is 68.3 cm³/mol. The molecule has 0 unspecified atom stereocenters. The van der Waals surface area contributed by atoms with Crippen molar-refractivity contribution in [2.24, 2.45) is 0 Å². The molecule has 19 heavy (non-hydrogen) atoms. The number of phenols is 1. The van der Waals surface area contributed by atoms with Crippen LogP contribution in [0.2, 0.25) is 0 Å². The smallest absolute Gasteiger partial charge is 0.261 e. The first kappa shape index (κ1) is 14.9. The molecule has 1 aromatic rings. The molecule has 0 saturated heterocycles. The molecular formula is C13H17FN2O3. The first-order chi connectivity index (χ1) is 8.88. The van der Waals surface area contributed by atoms with E-state index in [-0.39, 0.29) is 19.0 Å². The van der Waals surface area contributed by atoms with Crippen LogP contribution >= 0.6 is 0 Å². The number of phenolic OH excluding ortho intramolecular Hbond substituents is 1. The van der Waals surface area contributed by atoms with Crippen LogP contribution in [-0.2, 0) is 4.79 Å². The van der Waals surface area contributed by atoms with Gasteiger partial charge in [-0.3, -0.25) is 9.59 Å². The maximum atomic E-state index is 13.6. The van der Waals surface area contributed by atoms with Gasteiger partial charge in [0.1, 0.15) is 17.1 Å². The van der Waals surface area contributed by atoms with Crippen LogP contribution in [0.3, 0.4) is 0 Å². The Balaban J connectivity index is 2.99. The Labute approximate surface area is 111 Å². The Hall–Kier alpha value is -2.11. The minimum absolute atomic E-state index is 0.157. The van der Waals surface area contributed by atoms with Gasteiger partial charge in [0.25, 0.3) is 5.91 Å². The van der Waals surface area contributed by atoms with Gasteiger partial charge < -0.3 is 14.9 Å². The van der Waals surface area contributed by atoms with E-state index in [0.717, 1.165) is 6.07 Å². The zero-order valence-corrected chi connectivity index (χ0v) is 11.2. The van der Waals surface area contributed by atoms with Crippen LogP contribution in [-0.4, -0.2) is 53.9 Å². The molecule has 104 valence electrons. The monoisotopic (exact) mass is 268 g/mol. The molecule has 1 rings (SSSR count). The predicted octanol–water partition coefficient (Wildman–Crippen LogP) is 1.08. The van der Waals surface area contributed by atoms with Crippen molar-refractivity contribution in [3.05, 3.63) is 29.6 Å². The molecular weight excluding hydrogens is 251 g/mol. The van der Waals surface area contributed by atoms with Crippen molar-refractivity contribution >= 4 is 11.8 Å². The highest BCUT2D eigenvalue weighted by molar-refractivity contribution is 5.98. The van der Waals surface area contributed by atoms with Gasteiger partial charge in [-0.25, -0.2) is 4.39 Å². The van der Waals surface area contributed by atoms with E-state index in [1.54, 1.807) is 21.0 Å². The third-order valence-corrected chi connectivity index (χ3v) is 2.70. The number of likely N-dealkylation sites (N-methyl/N-ethyl adjacent to an activating group) is 2. The van der Waals surface area contributed by atoms with Crippen molar-refractivity contribution in [1.82, 2.24) is 9.80 Å². The lowest BCUT2D eigenvalue weighted by atomic mass is 10.1. The average molecular weight is 268 g/mol. The van der Waals surface area contributed by atoms with Crippen molar-refractivity contribution in [3.8, 4) is 5.75 Å². The fourth-order valence-electron chi connectivity index (χ4n) is 1.51. The number of halogens is 1. The number of benzene rings is 1. The highest BCUT2D eigenvalue weighted by atomic mass is 19.1. The molecule has 1 aromatic carbocycles. The molecule has 0 radical (unpaired) electrons. The summed E-state index contributed by atoms with van der Waals surface area (Å²) in [4.78, 5) is 26.2. The summed E-state index contributed by atoms with van der Waals surface area (Å²) in [5, 5.41) is 9.57. The molecule has 0 bridgehead atoms. The molecule has 2 amide bonds. The van der Waals surface area contributed by atoms with Crippen LogP contribution in [0.1, 0.15) is 17.3 Å². The van der Waals surface area contributed by atoms with Gasteiger partial charge >= 0.3 is 0 Å². The Morgan fingerprint density at radius 2 is 1.95 bits per heavy atom. The van der Waals surface area contributed by atoms with Crippen LogP contribution in [0.25, 0.3) is 0 Å². The number of aromatic hydroxyl groups is 1. The molecule has 0 aliphatic carbocycles. The number of hydrogen-bond donors (Lipinski definition) is 1. The first-order valence-corrected chi connectivity index (χ1v) is 5.85. The first-order valence-electron chi connectivity index (χ1n) is 5.85. The van der Waals surface area contributed by atoms with Crippen LogP contribution in [0.4, 0.5) is 4.39 Å². The highest BCUT2D eigenvalue weighted by Crippen LogP contribution is 2.21. The molecule has 0 fully saturated rings. The summed E-state index contributed by atoms with van der Waals surface area (Å²) in [5.41, 5.74) is -0.407. The fourth-order valence-corrected chi connectivity index (χ4v) is 1.51. The van der Waals surface area contributed by atoms with Gasteiger partial charge in [-0.05, 0) is 19.1 Å². The SMILES string of the molecule is CCN(CC(=O)N(C)C)C(=O)c1c(O)cccc1F. The standard InChI is InChI=1S/C13H17FN2O3/c1-4-16(8-11(18)15(2)3)13(19)12-9(14)6-5-7-10(12)17/h5-7,17H,4,8H2,1-3H3. The maximum Gasteiger partial charge on any atom is 0.261 e. The maximum absolute atomic E-state index is 13.6. The van der Waals surface area contributed by atoms with Crippen molar-refractivity contribution in [2.75, 3.05) is 27.2 Å². The highest BCUT2D eigenvalue weighted by Gasteiger charge is 2.23. The number of carbonyl (C=O) groups excluding carboxylic acids is 2. The van der Waals surface area contributed by atoms with E-state index in [4.69, 9.17) is 0 Å². The molecule has 5 nitrogen and oxygen atoms in total. The number of carbonyl (C=O) groups is 2. The average Bonchev–Trinajstić information content (AvgIpc) is 2.34. The van der Waals surface area contributed by atoms with Gasteiger partial charge in [-0.1, -0.05) is 6.07 Å². The molecule has 0 atom stereocenters. The summed E-state index contributed by atoms with van der Waals surface area (Å²) in [6.45, 7) is 1.76. The normalized spacial score (nSPS) is 10.1. The van der Waals surface area contributed by atoms with Gasteiger partial charge in [0.05, 0.1) is 6.54 Å². The minimum Gasteiger partial charge on any atom is -0.507 e. The van der Waals surface area contributed by atoms with Gasteiger partial charge in [0, 0.05) is 20.6 Å². The molecule has 0 aliphatic heterocycles. The molecule has 0 aromatic heterocycles. The summed E-state index contributed by atoms with van der Waals surface area (Å²) >= 11 is 0. The summed E-state index contributed by atoms with van der Waals surface area (Å²) in [7, 11) is 3.14. The van der Waals surface area contributed by atoms with E-state index in [2.05, 4.69) is 0 Å². The quantitative estimate of drug-likeness (QED) is 0.889. The van der Waals surface area contributed by atoms with Crippen molar-refractivity contribution in [2.45, 2.75) is 6.92 Å². The van der Waals surface area contributed by atoms with Crippen molar-refractivity contribution in [1.29, 1.82) is 0 Å². The lowest BCUT2D eigenvalue weighted by molar-refractivity contribution is -0.129. The van der Waals surface area contributed by atoms with Crippen LogP contribution < -0.4 is 0 Å². The summed E-state index contributed by atoms with van der Waals surface area (Å²) in [5.74, 6) is -2.21. The molecule has 6 heteroatoms. The molecule has 0 heterocycles. The second kappa shape index (κ2) is 6.17. The second-order valence-corrected chi connectivity index (χ2v) is 4.24. The summed E-state index contributed by atoms with van der Waals surface area (Å²) < 4.78 is 13.6. The fraction of sp³-hybridized carbons (Fsp3) is 0.385. The van der Waals surface area contributed by atoms with Gasteiger partial charge in [-0.2, -0.15) is 0 Å². The zero-order chi connectivity index (χ0) is 14.6. The Morgan fingerprint density at radius 1 is 1.32 bits per heavy atom. The van der Waals surface area contributed by atoms with E-state index in [1.807, 2.05) is 0 Å². The molecule has 0 aliphatic rings. The molecule has 1 N–H and O–H groups in total. The van der Waals surface area contributed by atoms with Crippen LogP contribution in [0, 0.1) is 5.82 Å². The van der Waals surface area contributed by atoms with E-state index in [1.165, 1.54) is 21.9 Å². The number of amides is 2. The topological polar surface area (TPSA) is 60.9 Å². The number of nitrogens with zero attached hydrogens (tertiary/aromatic N) is 2. The van der Waals surface area contributed by atoms with Gasteiger partial charge in [0.2, 0.25) is 5.91 Å². The molecule has 0 spiro atoms. The number of rotatable bonds is 4. The van der Waals surface area contributed by atoms with E-state index < -0.39 is 23.0 Å². The Morgan fingerprint density at radius 3 is 2.42 bits per heavy atom. The van der Waals surface area contributed by atoms with Crippen molar-refractivity contribution in [3.63, 3.8) is 0 Å². The van der Waals surface area contributed by atoms with E-state index in [9.17, 15) is 19.1 Å². The summed E-state index contributed by atoms with van der Waals surface area (Å²) in [6, 6.07) is 3.63. The zero-order valence-electron chi connectivity index (χ0n) is 11.2. The van der Waals surface area contributed by atoms with E-state index in [0.29, 0.717) is 0 Å². The van der Waals surface area contributed by atoms with Gasteiger partial charge in [0.15, 0.2) is 0 Å². The van der Waals surface area contributed by atoms with E-state index >= 15 is 0 Å². The third kappa shape index (κ3) is 3.43. The van der Waals surface area contributed by atoms with Crippen molar-refractivity contribution < 1.29 is 19.1 Å². The third-order valence-electron chi connectivity index (χ3n) is 2.70. The van der Waals surface area contributed by atoms with Gasteiger partial charge in [-0.15, -0.1) is 0 Å². The second-order valence-electron chi connectivity index (χ2n) is 4.24. The molecule has 0 saturated carbocycles. The Kier molecular flexibility index (Phi) is 4.86. The lowest BCUT2D eigenvalue weighted by Crippen LogP contribution is -2.40. The largest absolute Gasteiger partial charge is 0.507 e. The summed E-state index contributed by atoms with van der Waals surface area (Å²) in [6.07, 6.45) is 0. The lowest BCUT2D eigenvalue weighted by Gasteiger charge is -2.22. The number of hydrogen-bond acceptors (Lipinski definition) is 3. The minimum atomic E-state index is -0.805. The van der Waals surface area contributed by atoms with Crippen LogP contribution in [0.15, 0.2) is 18.2 Å². The van der Waals surface area contributed by atoms with Crippen LogP contribution in [0.5, 0.6) is 5.75 Å².